The van der Waals surface area contributed by atoms with Crippen LogP contribution in [0.2, 0.25) is 0 Å². The van der Waals surface area contributed by atoms with Crippen molar-refractivity contribution >= 4 is 5.78 Å². The second kappa shape index (κ2) is 5.96. The van der Waals surface area contributed by atoms with Gasteiger partial charge in [-0.05, 0) is 43.1 Å². The van der Waals surface area contributed by atoms with Crippen LogP contribution in [0.15, 0.2) is 18.2 Å². The van der Waals surface area contributed by atoms with Crippen molar-refractivity contribution in [3.05, 3.63) is 29.3 Å². The van der Waals surface area contributed by atoms with Crippen LogP contribution in [0.1, 0.15) is 48.5 Å². The molecule has 0 spiro atoms. The van der Waals surface area contributed by atoms with E-state index in [2.05, 4.69) is 11.8 Å². The number of carbonyl (C=O) groups is 1. The lowest BCUT2D eigenvalue weighted by atomic mass is 10.0. The predicted molar refractivity (Wildman–Crippen MR) is 79.5 cm³/mol. The zero-order valence-corrected chi connectivity index (χ0v) is 12.2. The fourth-order valence-corrected chi connectivity index (χ4v) is 3.40. The van der Waals surface area contributed by atoms with Crippen LogP contribution < -0.4 is 4.74 Å². The number of Topliss-reactive ketones (excluding diaryl/α,β-unsaturated/α-hetero) is 1. The normalized spacial score (nSPS) is 18.3. The maximum absolute atomic E-state index is 12.5. The summed E-state index contributed by atoms with van der Waals surface area (Å²) in [5.74, 6) is 1.19. The van der Waals surface area contributed by atoms with E-state index in [0.717, 1.165) is 30.9 Å². The molecule has 1 aromatic carbocycles. The monoisotopic (exact) mass is 273 g/mol. The van der Waals surface area contributed by atoms with Gasteiger partial charge in [-0.1, -0.05) is 19.8 Å². The first-order valence-corrected chi connectivity index (χ1v) is 7.81. The molecule has 1 aliphatic heterocycles. The van der Waals surface area contributed by atoms with E-state index in [4.69, 9.17) is 4.74 Å². The Morgan fingerprint density at radius 3 is 2.90 bits per heavy atom. The number of hydrogen-bond acceptors (Lipinski definition) is 3. The number of carbonyl (C=O) groups excluding carboxylic acids is 1. The number of rotatable bonds is 5. The number of hydrogen-bond donors (Lipinski definition) is 0. The molecule has 0 atom stereocenters. The van der Waals surface area contributed by atoms with Gasteiger partial charge in [-0.15, -0.1) is 0 Å². The van der Waals surface area contributed by atoms with E-state index in [1.165, 1.54) is 31.2 Å². The van der Waals surface area contributed by atoms with Crippen molar-refractivity contribution in [1.82, 2.24) is 4.90 Å². The third-order valence-corrected chi connectivity index (χ3v) is 4.61. The average Bonchev–Trinajstić information content (AvgIpc) is 3.14. The van der Waals surface area contributed by atoms with Gasteiger partial charge in [0.05, 0.1) is 13.2 Å². The molecular formula is C17H23NO2. The average molecular weight is 273 g/mol. The van der Waals surface area contributed by atoms with Crippen molar-refractivity contribution in [2.45, 2.75) is 45.1 Å². The van der Waals surface area contributed by atoms with Gasteiger partial charge in [0.1, 0.15) is 5.75 Å². The van der Waals surface area contributed by atoms with Crippen LogP contribution in [0, 0.1) is 0 Å². The Balaban J connectivity index is 1.68. The van der Waals surface area contributed by atoms with Gasteiger partial charge in [0.2, 0.25) is 0 Å². The minimum absolute atomic E-state index is 0.244. The second-order valence-corrected chi connectivity index (χ2v) is 5.85. The first-order valence-electron chi connectivity index (χ1n) is 7.81. The Kier molecular flexibility index (Phi) is 4.06. The van der Waals surface area contributed by atoms with Crippen molar-refractivity contribution in [1.29, 1.82) is 0 Å². The summed E-state index contributed by atoms with van der Waals surface area (Å²) >= 11 is 0. The number of benzene rings is 1. The van der Waals surface area contributed by atoms with Crippen molar-refractivity contribution in [2.75, 3.05) is 19.7 Å². The lowest BCUT2D eigenvalue weighted by Crippen LogP contribution is -2.37. The SMILES string of the molecule is CCN(CC(=O)c1ccc2c(c1)CCO2)C1CCCC1. The minimum Gasteiger partial charge on any atom is -0.493 e. The molecule has 108 valence electrons. The van der Waals surface area contributed by atoms with E-state index in [-0.39, 0.29) is 5.78 Å². The van der Waals surface area contributed by atoms with Gasteiger partial charge >= 0.3 is 0 Å². The number of fused-ring (bicyclic) bond motifs is 1. The number of ether oxygens (including phenoxy) is 1. The third kappa shape index (κ3) is 2.73. The van der Waals surface area contributed by atoms with Crippen molar-refractivity contribution in [2.24, 2.45) is 0 Å². The molecule has 0 aromatic heterocycles. The Morgan fingerprint density at radius 2 is 2.15 bits per heavy atom. The van der Waals surface area contributed by atoms with Gasteiger partial charge in [0.25, 0.3) is 0 Å². The number of ketones is 1. The molecule has 3 nitrogen and oxygen atoms in total. The summed E-state index contributed by atoms with van der Waals surface area (Å²) in [4.78, 5) is 14.8. The molecule has 0 unspecified atom stereocenters. The summed E-state index contributed by atoms with van der Waals surface area (Å²) in [5.41, 5.74) is 2.02. The van der Waals surface area contributed by atoms with E-state index in [1.54, 1.807) is 0 Å². The highest BCUT2D eigenvalue weighted by atomic mass is 16.5. The summed E-state index contributed by atoms with van der Waals surface area (Å²) in [6, 6.07) is 6.49. The van der Waals surface area contributed by atoms with E-state index >= 15 is 0 Å². The minimum atomic E-state index is 0.244. The van der Waals surface area contributed by atoms with Gasteiger partial charge in [0.15, 0.2) is 5.78 Å². The maximum atomic E-state index is 12.5. The zero-order valence-electron chi connectivity index (χ0n) is 12.2. The molecule has 1 saturated carbocycles. The van der Waals surface area contributed by atoms with Crippen molar-refractivity contribution in [3.63, 3.8) is 0 Å². The van der Waals surface area contributed by atoms with Gasteiger partial charge in [0, 0.05) is 18.0 Å². The van der Waals surface area contributed by atoms with Gasteiger partial charge < -0.3 is 4.74 Å². The highest BCUT2D eigenvalue weighted by Gasteiger charge is 2.24. The topological polar surface area (TPSA) is 29.5 Å². The molecule has 1 aromatic rings. The molecule has 0 bridgehead atoms. The van der Waals surface area contributed by atoms with Crippen LogP contribution in [0.5, 0.6) is 5.75 Å². The van der Waals surface area contributed by atoms with Crippen molar-refractivity contribution < 1.29 is 9.53 Å². The molecule has 1 aliphatic carbocycles. The van der Waals surface area contributed by atoms with Gasteiger partial charge in [-0.2, -0.15) is 0 Å². The fraction of sp³-hybridized carbons (Fsp3) is 0.588. The molecule has 0 amide bonds. The molecular weight excluding hydrogens is 250 g/mol. The van der Waals surface area contributed by atoms with Crippen LogP contribution in [0.3, 0.4) is 0 Å². The smallest absolute Gasteiger partial charge is 0.176 e. The van der Waals surface area contributed by atoms with Crippen molar-refractivity contribution in [3.8, 4) is 5.75 Å². The molecule has 1 fully saturated rings. The third-order valence-electron chi connectivity index (χ3n) is 4.61. The summed E-state index contributed by atoms with van der Waals surface area (Å²) in [5, 5.41) is 0. The zero-order chi connectivity index (χ0) is 13.9. The Hall–Kier alpha value is -1.35. The van der Waals surface area contributed by atoms with Gasteiger partial charge in [-0.3, -0.25) is 9.69 Å². The van der Waals surface area contributed by atoms with Crippen LogP contribution >= 0.6 is 0 Å². The van der Waals surface area contributed by atoms with Crippen LogP contribution in [0.25, 0.3) is 0 Å². The molecule has 1 heterocycles. The molecule has 0 saturated heterocycles. The maximum Gasteiger partial charge on any atom is 0.176 e. The summed E-state index contributed by atoms with van der Waals surface area (Å²) < 4.78 is 5.50. The molecule has 0 radical (unpaired) electrons. The first kappa shape index (κ1) is 13.6. The summed E-state index contributed by atoms with van der Waals surface area (Å²) in [7, 11) is 0. The van der Waals surface area contributed by atoms with E-state index in [9.17, 15) is 4.79 Å². The lowest BCUT2D eigenvalue weighted by molar-refractivity contribution is 0.0899. The Labute approximate surface area is 120 Å². The van der Waals surface area contributed by atoms with E-state index in [0.29, 0.717) is 12.6 Å². The Bertz CT molecular complexity index is 492. The second-order valence-electron chi connectivity index (χ2n) is 5.85. The fourth-order valence-electron chi connectivity index (χ4n) is 3.40. The Morgan fingerprint density at radius 1 is 1.35 bits per heavy atom. The molecule has 0 N–H and O–H groups in total. The quantitative estimate of drug-likeness (QED) is 0.772. The summed E-state index contributed by atoms with van der Waals surface area (Å²) in [6.07, 6.45) is 6.05. The molecule has 20 heavy (non-hydrogen) atoms. The first-order chi connectivity index (χ1) is 9.78. The molecule has 2 aliphatic rings. The lowest BCUT2D eigenvalue weighted by Gasteiger charge is -2.26. The number of nitrogens with zero attached hydrogens (tertiary/aromatic N) is 1. The standard InChI is InChI=1S/C17H23NO2/c1-2-18(15-5-3-4-6-15)12-16(19)13-7-8-17-14(11-13)9-10-20-17/h7-8,11,15H,2-6,9-10,12H2,1H3. The number of likely N-dealkylation sites (N-methyl/N-ethyl adjacent to an activating group) is 1. The molecule has 3 heteroatoms. The van der Waals surface area contributed by atoms with E-state index in [1.807, 2.05) is 18.2 Å². The van der Waals surface area contributed by atoms with Crippen LogP contribution in [0.4, 0.5) is 0 Å². The highest BCUT2D eigenvalue weighted by molar-refractivity contribution is 5.98. The van der Waals surface area contributed by atoms with E-state index < -0.39 is 0 Å². The predicted octanol–water partition coefficient (Wildman–Crippen LogP) is 3.07. The van der Waals surface area contributed by atoms with Crippen LogP contribution in [-0.2, 0) is 6.42 Å². The van der Waals surface area contributed by atoms with Crippen LogP contribution in [-0.4, -0.2) is 36.4 Å². The summed E-state index contributed by atoms with van der Waals surface area (Å²) in [6.45, 7) is 4.42. The molecule has 3 rings (SSSR count). The highest BCUT2D eigenvalue weighted by Crippen LogP contribution is 2.27. The largest absolute Gasteiger partial charge is 0.493 e. The van der Waals surface area contributed by atoms with Gasteiger partial charge in [-0.25, -0.2) is 0 Å².